The normalized spacial score (nSPS) is 19.9. The molecule has 0 spiro atoms. The minimum atomic E-state index is -2.79. The number of ketones is 1. The zero-order valence-electron chi connectivity index (χ0n) is 24.8. The first-order chi connectivity index (χ1) is 20.6. The number of aliphatic hydroxyl groups is 2. The van der Waals surface area contributed by atoms with E-state index in [1.807, 2.05) is 4.90 Å². The molecule has 13 heteroatoms. The van der Waals surface area contributed by atoms with E-state index in [0.29, 0.717) is 73.9 Å². The number of carbonyl (C=O) groups is 1. The summed E-state index contributed by atoms with van der Waals surface area (Å²) in [6, 6.07) is 8.88. The Morgan fingerprint density at radius 2 is 1.81 bits per heavy atom. The Bertz CT molecular complexity index is 1380. The molecule has 0 radical (unpaired) electrons. The van der Waals surface area contributed by atoms with Gasteiger partial charge >= 0.3 is 0 Å². The lowest BCUT2D eigenvalue weighted by molar-refractivity contribution is -0.124. The second kappa shape index (κ2) is 13.6. The molecule has 1 aliphatic heterocycles. The summed E-state index contributed by atoms with van der Waals surface area (Å²) in [4.78, 5) is 29.7. The Morgan fingerprint density at radius 3 is 2.49 bits per heavy atom. The number of ether oxygens (including phenoxy) is 1. The molecule has 0 atom stereocenters. The molecule has 1 saturated carbocycles. The number of benzene rings is 1. The number of para-hydroxylation sites is 2. The van der Waals surface area contributed by atoms with E-state index in [-0.39, 0.29) is 24.2 Å². The van der Waals surface area contributed by atoms with Crippen molar-refractivity contribution in [2.24, 2.45) is 5.92 Å². The largest absolute Gasteiger partial charge is 0.389 e. The number of alkyl halides is 2. The van der Waals surface area contributed by atoms with Crippen molar-refractivity contribution in [3.8, 4) is 5.82 Å². The van der Waals surface area contributed by atoms with Gasteiger partial charge in [-0.1, -0.05) is 12.1 Å². The molecule has 3 aromatic rings. The fourth-order valence-electron chi connectivity index (χ4n) is 6.04. The van der Waals surface area contributed by atoms with Crippen LogP contribution in [-0.4, -0.2) is 105 Å². The summed E-state index contributed by atoms with van der Waals surface area (Å²) < 4.78 is 35.2. The van der Waals surface area contributed by atoms with Gasteiger partial charge in [0.05, 0.1) is 36.4 Å². The lowest BCUT2D eigenvalue weighted by Gasteiger charge is -2.39. The van der Waals surface area contributed by atoms with Crippen LogP contribution in [0, 0.1) is 5.92 Å². The standard InChI is InChI=1S/C30H41F2N7O4/c1-30(2,42)19-38(17-22(41)18-40)21-9-7-20(8-10-21)16-33-29-35-25(37-11-13-43-14-12-37)15-26(36-29)39-24-6-4-3-5-23(24)34-28(39)27(31)32/h3-6,15,20-21,27,40,42H,7-14,16-19H2,1-2H3,(H,33,35,36). The highest BCUT2D eigenvalue weighted by Crippen LogP contribution is 2.31. The van der Waals surface area contributed by atoms with E-state index >= 15 is 0 Å². The van der Waals surface area contributed by atoms with Crippen molar-refractivity contribution in [3.63, 3.8) is 0 Å². The third-order valence-electron chi connectivity index (χ3n) is 8.07. The molecule has 0 unspecified atom stereocenters. The van der Waals surface area contributed by atoms with Gasteiger partial charge in [-0.3, -0.25) is 14.3 Å². The van der Waals surface area contributed by atoms with Gasteiger partial charge in [0.25, 0.3) is 6.43 Å². The Morgan fingerprint density at radius 1 is 1.12 bits per heavy atom. The second-order valence-electron chi connectivity index (χ2n) is 12.1. The molecule has 3 N–H and O–H groups in total. The summed E-state index contributed by atoms with van der Waals surface area (Å²) in [6.45, 7) is 6.35. The van der Waals surface area contributed by atoms with Crippen molar-refractivity contribution in [2.45, 2.75) is 57.6 Å². The Hall–Kier alpha value is -3.26. The first kappa shape index (κ1) is 31.2. The molecule has 1 saturated heterocycles. The van der Waals surface area contributed by atoms with Gasteiger partial charge in [-0.15, -0.1) is 0 Å². The average Bonchev–Trinajstić information content (AvgIpc) is 3.40. The molecule has 2 aromatic heterocycles. The van der Waals surface area contributed by atoms with Crippen LogP contribution in [0.3, 0.4) is 0 Å². The number of aromatic nitrogens is 4. The minimum absolute atomic E-state index is 0.114. The maximum absolute atomic E-state index is 14.1. The van der Waals surface area contributed by atoms with Gasteiger partial charge in [0.15, 0.2) is 11.6 Å². The highest BCUT2D eigenvalue weighted by Gasteiger charge is 2.30. The molecule has 2 fully saturated rings. The third-order valence-corrected chi connectivity index (χ3v) is 8.07. The van der Waals surface area contributed by atoms with E-state index in [0.717, 1.165) is 25.7 Å². The Kier molecular flexibility index (Phi) is 9.85. The predicted molar refractivity (Wildman–Crippen MR) is 159 cm³/mol. The first-order valence-corrected chi connectivity index (χ1v) is 14.9. The van der Waals surface area contributed by atoms with E-state index in [4.69, 9.17) is 9.72 Å². The molecule has 5 rings (SSSR count). The molecule has 1 aromatic carbocycles. The van der Waals surface area contributed by atoms with Gasteiger partial charge < -0.3 is 25.2 Å². The van der Waals surface area contributed by atoms with Crippen LogP contribution >= 0.6 is 0 Å². The van der Waals surface area contributed by atoms with Crippen LogP contribution in [0.15, 0.2) is 30.3 Å². The maximum Gasteiger partial charge on any atom is 0.296 e. The number of morpholine rings is 1. The number of Topliss-reactive ketones (excluding diaryl/α,β-unsaturated/α-hetero) is 1. The molecule has 1 aliphatic carbocycles. The summed E-state index contributed by atoms with van der Waals surface area (Å²) >= 11 is 0. The van der Waals surface area contributed by atoms with Gasteiger partial charge in [-0.2, -0.15) is 9.97 Å². The topological polar surface area (TPSA) is 129 Å². The summed E-state index contributed by atoms with van der Waals surface area (Å²) in [5.41, 5.74) is 0.0540. The number of hydrogen-bond acceptors (Lipinski definition) is 10. The number of nitrogens with one attached hydrogen (secondary N) is 1. The molecule has 2 aliphatic rings. The van der Waals surface area contributed by atoms with Crippen molar-refractivity contribution >= 4 is 28.6 Å². The van der Waals surface area contributed by atoms with Crippen LogP contribution in [0.2, 0.25) is 0 Å². The molecule has 43 heavy (non-hydrogen) atoms. The number of aliphatic hydroxyl groups excluding tert-OH is 1. The van der Waals surface area contributed by atoms with E-state index in [2.05, 4.69) is 20.2 Å². The van der Waals surface area contributed by atoms with Gasteiger partial charge in [0, 0.05) is 38.3 Å². The number of rotatable bonds is 12. The monoisotopic (exact) mass is 601 g/mol. The number of carbonyl (C=O) groups excluding carboxylic acids is 1. The van der Waals surface area contributed by atoms with Crippen LogP contribution in [0.5, 0.6) is 0 Å². The summed E-state index contributed by atoms with van der Waals surface area (Å²) in [6.07, 6.45) is 0.694. The van der Waals surface area contributed by atoms with E-state index < -0.39 is 18.6 Å². The van der Waals surface area contributed by atoms with Crippen LogP contribution in [0.4, 0.5) is 20.5 Å². The summed E-state index contributed by atoms with van der Waals surface area (Å²) in [5, 5.41) is 23.0. The lowest BCUT2D eigenvalue weighted by Crippen LogP contribution is -2.48. The fourth-order valence-corrected chi connectivity index (χ4v) is 6.04. The Balaban J connectivity index is 1.34. The Labute approximate surface area is 249 Å². The summed E-state index contributed by atoms with van der Waals surface area (Å²) in [5.74, 6) is 1.000. The zero-order chi connectivity index (χ0) is 30.6. The summed E-state index contributed by atoms with van der Waals surface area (Å²) in [7, 11) is 0. The molecular formula is C30H41F2N7O4. The molecule has 0 amide bonds. The SMILES string of the molecule is CC(C)(O)CN(CC(=O)CO)C1CCC(CNc2nc(N3CCOCC3)cc(-n3c(C(F)F)nc4ccccc43)n2)CC1. The number of anilines is 2. The van der Waals surface area contributed by atoms with Gasteiger partial charge in [-0.05, 0) is 57.6 Å². The van der Waals surface area contributed by atoms with Crippen LogP contribution < -0.4 is 10.2 Å². The van der Waals surface area contributed by atoms with Crippen LogP contribution in [-0.2, 0) is 9.53 Å². The molecule has 11 nitrogen and oxygen atoms in total. The number of halogens is 2. The third kappa shape index (κ3) is 7.83. The van der Waals surface area contributed by atoms with Gasteiger partial charge in [-0.25, -0.2) is 13.8 Å². The van der Waals surface area contributed by atoms with E-state index in [1.54, 1.807) is 44.2 Å². The highest BCUT2D eigenvalue weighted by molar-refractivity contribution is 5.81. The first-order valence-electron chi connectivity index (χ1n) is 14.9. The van der Waals surface area contributed by atoms with Gasteiger partial charge in [0.1, 0.15) is 18.2 Å². The number of nitrogens with zero attached hydrogens (tertiary/aromatic N) is 6. The van der Waals surface area contributed by atoms with Gasteiger partial charge in [0.2, 0.25) is 5.95 Å². The van der Waals surface area contributed by atoms with Crippen molar-refractivity contribution in [2.75, 3.05) is 62.8 Å². The molecule has 234 valence electrons. The van der Waals surface area contributed by atoms with Crippen molar-refractivity contribution in [1.82, 2.24) is 24.4 Å². The van der Waals surface area contributed by atoms with Crippen LogP contribution in [0.1, 0.15) is 51.8 Å². The zero-order valence-corrected chi connectivity index (χ0v) is 24.8. The maximum atomic E-state index is 14.1. The quantitative estimate of drug-likeness (QED) is 0.285. The molecule has 0 bridgehead atoms. The van der Waals surface area contributed by atoms with Crippen molar-refractivity contribution < 1.29 is 28.5 Å². The molecular weight excluding hydrogens is 560 g/mol. The second-order valence-corrected chi connectivity index (χ2v) is 12.1. The molecule has 3 heterocycles. The number of hydrogen-bond donors (Lipinski definition) is 3. The fraction of sp³-hybridized carbons (Fsp3) is 0.600. The van der Waals surface area contributed by atoms with Crippen LogP contribution in [0.25, 0.3) is 16.9 Å². The predicted octanol–water partition coefficient (Wildman–Crippen LogP) is 3.19. The highest BCUT2D eigenvalue weighted by atomic mass is 19.3. The smallest absolute Gasteiger partial charge is 0.296 e. The van der Waals surface area contributed by atoms with E-state index in [9.17, 15) is 23.8 Å². The number of fused-ring (bicyclic) bond motifs is 1. The van der Waals surface area contributed by atoms with Crippen molar-refractivity contribution in [1.29, 1.82) is 0 Å². The van der Waals surface area contributed by atoms with E-state index in [1.165, 1.54) is 4.57 Å². The minimum Gasteiger partial charge on any atom is -0.389 e. The van der Waals surface area contributed by atoms with Crippen molar-refractivity contribution in [3.05, 3.63) is 36.2 Å². The lowest BCUT2D eigenvalue weighted by atomic mass is 9.84. The number of imidazole rings is 1. The average molecular weight is 602 g/mol.